The van der Waals surface area contributed by atoms with Crippen LogP contribution in [0.5, 0.6) is 0 Å². The summed E-state index contributed by atoms with van der Waals surface area (Å²) in [6, 6.07) is 13.1. The van der Waals surface area contributed by atoms with Crippen molar-refractivity contribution >= 4 is 17.5 Å². The number of nitrogens with one attached hydrogen (secondary N) is 2. The molecule has 1 heterocycles. The molecule has 0 saturated carbocycles. The van der Waals surface area contributed by atoms with E-state index in [0.29, 0.717) is 32.5 Å². The molecule has 1 fully saturated rings. The molecule has 0 atom stereocenters. The highest BCUT2D eigenvalue weighted by atomic mass is 19.1. The fraction of sp³-hybridized carbons (Fsp3) is 0.333. The summed E-state index contributed by atoms with van der Waals surface area (Å²) in [4.78, 5) is 26.3. The van der Waals surface area contributed by atoms with Crippen LogP contribution < -0.4 is 10.6 Å². The minimum atomic E-state index is -0.804. The summed E-state index contributed by atoms with van der Waals surface area (Å²) in [6.07, 6.45) is 1.28. The number of carbonyl (C=O) groups excluding carboxylic acids is 2. The summed E-state index contributed by atoms with van der Waals surface area (Å²) >= 11 is 0. The fourth-order valence-corrected chi connectivity index (χ4v) is 3.28. The van der Waals surface area contributed by atoms with Crippen LogP contribution in [0.2, 0.25) is 0 Å². The van der Waals surface area contributed by atoms with Crippen LogP contribution in [0.25, 0.3) is 0 Å². The highest BCUT2D eigenvalue weighted by Gasteiger charge is 2.26. The second-order valence-corrected chi connectivity index (χ2v) is 6.90. The van der Waals surface area contributed by atoms with Gasteiger partial charge in [0.1, 0.15) is 17.3 Å². The molecule has 7 heteroatoms. The zero-order valence-corrected chi connectivity index (χ0v) is 15.5. The third-order valence-electron chi connectivity index (χ3n) is 4.86. The quantitative estimate of drug-likeness (QED) is 0.801. The Hall–Kier alpha value is -2.80. The van der Waals surface area contributed by atoms with E-state index < -0.39 is 23.2 Å². The highest BCUT2D eigenvalue weighted by Crippen LogP contribution is 2.20. The number of benzene rings is 2. The number of likely N-dealkylation sites (tertiary alicyclic amines) is 1. The highest BCUT2D eigenvalue weighted by molar-refractivity contribution is 5.92. The molecular weight excluding hydrogens is 364 g/mol. The van der Waals surface area contributed by atoms with Crippen molar-refractivity contribution in [1.29, 1.82) is 0 Å². The molecule has 1 aliphatic heterocycles. The number of carbonyl (C=O) groups is 2. The van der Waals surface area contributed by atoms with Crippen LogP contribution in [-0.2, 0) is 16.1 Å². The summed E-state index contributed by atoms with van der Waals surface area (Å²) < 4.78 is 27.2. The van der Waals surface area contributed by atoms with Gasteiger partial charge in [-0.1, -0.05) is 36.4 Å². The van der Waals surface area contributed by atoms with Crippen LogP contribution >= 0.6 is 0 Å². The van der Waals surface area contributed by atoms with E-state index in [-0.39, 0.29) is 18.4 Å². The van der Waals surface area contributed by atoms with Gasteiger partial charge in [-0.2, -0.15) is 0 Å². The molecule has 0 radical (unpaired) electrons. The maximum atomic E-state index is 13.6. The van der Waals surface area contributed by atoms with E-state index in [9.17, 15) is 18.4 Å². The predicted molar refractivity (Wildman–Crippen MR) is 102 cm³/mol. The van der Waals surface area contributed by atoms with Crippen molar-refractivity contribution in [2.75, 3.05) is 25.0 Å². The number of piperidine rings is 1. The van der Waals surface area contributed by atoms with E-state index in [1.165, 1.54) is 6.07 Å². The number of para-hydroxylation sites is 1. The molecule has 2 aromatic carbocycles. The fourth-order valence-electron chi connectivity index (χ4n) is 3.28. The Kier molecular flexibility index (Phi) is 6.71. The van der Waals surface area contributed by atoms with E-state index in [0.717, 1.165) is 17.7 Å². The van der Waals surface area contributed by atoms with E-state index in [4.69, 9.17) is 0 Å². The van der Waals surface area contributed by atoms with Gasteiger partial charge >= 0.3 is 0 Å². The van der Waals surface area contributed by atoms with Gasteiger partial charge in [-0.05, 0) is 43.6 Å². The van der Waals surface area contributed by atoms with Crippen molar-refractivity contribution in [3.05, 3.63) is 65.7 Å². The van der Waals surface area contributed by atoms with Crippen molar-refractivity contribution in [3.8, 4) is 0 Å². The summed E-state index contributed by atoms with van der Waals surface area (Å²) in [5.41, 5.74) is 0.619. The number of halogens is 2. The molecule has 28 heavy (non-hydrogen) atoms. The summed E-state index contributed by atoms with van der Waals surface area (Å²) in [5, 5.41) is 5.24. The van der Waals surface area contributed by atoms with Crippen molar-refractivity contribution in [2.45, 2.75) is 19.4 Å². The lowest BCUT2D eigenvalue weighted by Crippen LogP contribution is -2.43. The molecule has 0 aliphatic carbocycles. The Morgan fingerprint density at radius 1 is 0.964 bits per heavy atom. The standard InChI is InChI=1S/C21H23F2N3O2/c22-17-7-4-8-18(23)20(17)25-19(27)14-26-11-9-16(10-12-26)21(28)24-13-15-5-2-1-3-6-15/h1-8,16H,9-14H2,(H,24,28)(H,25,27). The first kappa shape index (κ1) is 19.9. The van der Waals surface area contributed by atoms with Crippen LogP contribution in [0.4, 0.5) is 14.5 Å². The monoisotopic (exact) mass is 387 g/mol. The molecule has 2 amide bonds. The SMILES string of the molecule is O=C(CN1CCC(C(=O)NCc2ccccc2)CC1)Nc1c(F)cccc1F. The second-order valence-electron chi connectivity index (χ2n) is 6.90. The van der Waals surface area contributed by atoms with Crippen molar-refractivity contribution in [1.82, 2.24) is 10.2 Å². The molecular formula is C21H23F2N3O2. The minimum absolute atomic E-state index is 0.0152. The Morgan fingerprint density at radius 3 is 2.25 bits per heavy atom. The van der Waals surface area contributed by atoms with Crippen molar-refractivity contribution < 1.29 is 18.4 Å². The molecule has 0 unspecified atom stereocenters. The molecule has 0 bridgehead atoms. The van der Waals surface area contributed by atoms with Gasteiger partial charge in [-0.3, -0.25) is 14.5 Å². The first-order valence-electron chi connectivity index (χ1n) is 9.31. The predicted octanol–water partition coefficient (Wildman–Crippen LogP) is 2.93. The topological polar surface area (TPSA) is 61.4 Å². The average molecular weight is 387 g/mol. The smallest absolute Gasteiger partial charge is 0.238 e. The third kappa shape index (κ3) is 5.36. The van der Waals surface area contributed by atoms with Gasteiger partial charge in [0.05, 0.1) is 6.54 Å². The van der Waals surface area contributed by atoms with Crippen LogP contribution in [0.1, 0.15) is 18.4 Å². The van der Waals surface area contributed by atoms with Gasteiger partial charge < -0.3 is 10.6 Å². The van der Waals surface area contributed by atoms with Gasteiger partial charge in [-0.15, -0.1) is 0 Å². The Labute approximate surface area is 162 Å². The van der Waals surface area contributed by atoms with Gasteiger partial charge in [0.25, 0.3) is 0 Å². The lowest BCUT2D eigenvalue weighted by atomic mass is 9.96. The van der Waals surface area contributed by atoms with Gasteiger partial charge in [0, 0.05) is 12.5 Å². The molecule has 148 valence electrons. The van der Waals surface area contributed by atoms with Crippen molar-refractivity contribution in [2.24, 2.45) is 5.92 Å². The molecule has 0 aromatic heterocycles. The van der Waals surface area contributed by atoms with Crippen LogP contribution in [0.15, 0.2) is 48.5 Å². The Balaban J connectivity index is 1.42. The molecule has 1 aliphatic rings. The zero-order chi connectivity index (χ0) is 19.9. The molecule has 2 N–H and O–H groups in total. The normalized spacial score (nSPS) is 15.2. The summed E-state index contributed by atoms with van der Waals surface area (Å²) in [6.45, 7) is 1.69. The molecule has 5 nitrogen and oxygen atoms in total. The first-order valence-corrected chi connectivity index (χ1v) is 9.31. The number of hydrogen-bond acceptors (Lipinski definition) is 3. The number of rotatable bonds is 6. The number of amides is 2. The number of hydrogen-bond donors (Lipinski definition) is 2. The molecule has 3 rings (SSSR count). The maximum Gasteiger partial charge on any atom is 0.238 e. The largest absolute Gasteiger partial charge is 0.352 e. The lowest BCUT2D eigenvalue weighted by Gasteiger charge is -2.30. The second kappa shape index (κ2) is 9.41. The van der Waals surface area contributed by atoms with E-state index in [1.807, 2.05) is 35.2 Å². The number of anilines is 1. The third-order valence-corrected chi connectivity index (χ3v) is 4.86. The first-order chi connectivity index (χ1) is 13.5. The molecule has 0 spiro atoms. The van der Waals surface area contributed by atoms with E-state index >= 15 is 0 Å². The van der Waals surface area contributed by atoms with Crippen LogP contribution in [-0.4, -0.2) is 36.3 Å². The van der Waals surface area contributed by atoms with E-state index in [2.05, 4.69) is 10.6 Å². The number of nitrogens with zero attached hydrogens (tertiary/aromatic N) is 1. The van der Waals surface area contributed by atoms with Gasteiger partial charge in [-0.25, -0.2) is 8.78 Å². The Bertz CT molecular complexity index is 801. The zero-order valence-electron chi connectivity index (χ0n) is 15.5. The van der Waals surface area contributed by atoms with Gasteiger partial charge in [0.15, 0.2) is 0 Å². The average Bonchev–Trinajstić information content (AvgIpc) is 2.70. The van der Waals surface area contributed by atoms with Gasteiger partial charge in [0.2, 0.25) is 11.8 Å². The lowest BCUT2D eigenvalue weighted by molar-refractivity contribution is -0.126. The summed E-state index contributed by atoms with van der Waals surface area (Å²) in [5.74, 6) is -2.16. The van der Waals surface area contributed by atoms with Crippen molar-refractivity contribution in [3.63, 3.8) is 0 Å². The minimum Gasteiger partial charge on any atom is -0.352 e. The van der Waals surface area contributed by atoms with E-state index in [1.54, 1.807) is 0 Å². The van der Waals surface area contributed by atoms with Crippen LogP contribution in [0.3, 0.4) is 0 Å². The van der Waals surface area contributed by atoms with Crippen LogP contribution in [0, 0.1) is 17.6 Å². The Morgan fingerprint density at radius 2 is 1.61 bits per heavy atom. The molecule has 1 saturated heterocycles. The molecule has 2 aromatic rings. The summed E-state index contributed by atoms with van der Waals surface area (Å²) in [7, 11) is 0. The maximum absolute atomic E-state index is 13.6.